The minimum atomic E-state index is -0.0509. The molecule has 0 aliphatic carbocycles. The van der Waals surface area contributed by atoms with E-state index in [1.54, 1.807) is 16.8 Å². The molecule has 3 N–H and O–H groups in total. The lowest BCUT2D eigenvalue weighted by Crippen LogP contribution is -2.28. The van der Waals surface area contributed by atoms with Gasteiger partial charge in [-0.15, -0.1) is 0 Å². The number of nitrogens with one attached hydrogen (secondary N) is 1. The van der Waals surface area contributed by atoms with Crippen molar-refractivity contribution in [2.24, 2.45) is 7.05 Å². The third-order valence-corrected chi connectivity index (χ3v) is 3.24. The highest BCUT2D eigenvalue weighted by atomic mass is 16.1. The van der Waals surface area contributed by atoms with Gasteiger partial charge < -0.3 is 11.1 Å². The molecule has 1 heterocycles. The van der Waals surface area contributed by atoms with Gasteiger partial charge in [0.25, 0.3) is 0 Å². The Morgan fingerprint density at radius 1 is 1.40 bits per heavy atom. The molecule has 2 aromatic rings. The summed E-state index contributed by atoms with van der Waals surface area (Å²) >= 11 is 0. The molecule has 1 atom stereocenters. The van der Waals surface area contributed by atoms with Crippen LogP contribution in [0.15, 0.2) is 30.5 Å². The molecule has 0 aliphatic rings. The molecule has 1 aromatic heterocycles. The Balaban J connectivity index is 1.97. The zero-order chi connectivity index (χ0) is 14.7. The number of nitrogens with zero attached hydrogens (tertiary/aromatic N) is 2. The van der Waals surface area contributed by atoms with Crippen molar-refractivity contribution in [2.45, 2.75) is 26.3 Å². The fraction of sp³-hybridized carbons (Fsp3) is 0.333. The van der Waals surface area contributed by atoms with Crippen LogP contribution < -0.4 is 11.1 Å². The van der Waals surface area contributed by atoms with Crippen molar-refractivity contribution in [3.8, 4) is 0 Å². The Morgan fingerprint density at radius 2 is 2.05 bits per heavy atom. The smallest absolute Gasteiger partial charge is 0.224 e. The summed E-state index contributed by atoms with van der Waals surface area (Å²) in [4.78, 5) is 12.0. The maximum absolute atomic E-state index is 12.0. The van der Waals surface area contributed by atoms with Crippen LogP contribution in [0.5, 0.6) is 0 Å². The average molecular weight is 272 g/mol. The quantitative estimate of drug-likeness (QED) is 0.832. The first kappa shape index (κ1) is 14.1. The van der Waals surface area contributed by atoms with Gasteiger partial charge in [0.15, 0.2) is 0 Å². The number of anilines is 1. The molecule has 0 spiro atoms. The summed E-state index contributed by atoms with van der Waals surface area (Å²) < 4.78 is 1.76. The van der Waals surface area contributed by atoms with Crippen LogP contribution in [0.4, 0.5) is 5.69 Å². The molecule has 106 valence electrons. The van der Waals surface area contributed by atoms with Gasteiger partial charge in [-0.05, 0) is 31.5 Å². The minimum Gasteiger partial charge on any atom is -0.399 e. The summed E-state index contributed by atoms with van der Waals surface area (Å²) in [6.07, 6.45) is 2.29. The Morgan fingerprint density at radius 3 is 2.60 bits per heavy atom. The summed E-state index contributed by atoms with van der Waals surface area (Å²) in [7, 11) is 1.87. The summed E-state index contributed by atoms with van der Waals surface area (Å²) in [6.45, 7) is 3.91. The van der Waals surface area contributed by atoms with Crippen molar-refractivity contribution in [3.63, 3.8) is 0 Å². The number of aryl methyl sites for hydroxylation is 2. The number of carbonyl (C=O) groups is 1. The monoisotopic (exact) mass is 272 g/mol. The van der Waals surface area contributed by atoms with E-state index in [2.05, 4.69) is 10.4 Å². The van der Waals surface area contributed by atoms with Crippen LogP contribution in [0.2, 0.25) is 0 Å². The SMILES string of the molecule is Cc1nn(C)cc1C(C)NC(=O)Cc1ccc(N)cc1. The van der Waals surface area contributed by atoms with Crippen LogP contribution in [0.25, 0.3) is 0 Å². The lowest BCUT2D eigenvalue weighted by atomic mass is 10.1. The Bertz CT molecular complexity index is 601. The largest absolute Gasteiger partial charge is 0.399 e. The van der Waals surface area contributed by atoms with Crippen molar-refractivity contribution >= 4 is 11.6 Å². The number of aromatic nitrogens is 2. The van der Waals surface area contributed by atoms with Gasteiger partial charge >= 0.3 is 0 Å². The molecule has 0 fully saturated rings. The van der Waals surface area contributed by atoms with Gasteiger partial charge in [0.1, 0.15) is 0 Å². The average Bonchev–Trinajstić information content (AvgIpc) is 2.71. The summed E-state index contributed by atoms with van der Waals surface area (Å²) in [5.74, 6) is -0.00877. The van der Waals surface area contributed by atoms with Crippen molar-refractivity contribution < 1.29 is 4.79 Å². The maximum atomic E-state index is 12.0. The number of nitrogen functional groups attached to an aromatic ring is 1. The molecule has 0 aliphatic heterocycles. The molecule has 1 amide bonds. The van der Waals surface area contributed by atoms with Crippen molar-refractivity contribution in [1.82, 2.24) is 15.1 Å². The van der Waals surface area contributed by atoms with Crippen LogP contribution in [-0.4, -0.2) is 15.7 Å². The summed E-state index contributed by atoms with van der Waals surface area (Å²) in [5, 5.41) is 7.27. The van der Waals surface area contributed by atoms with Gasteiger partial charge in [0.2, 0.25) is 5.91 Å². The van der Waals surface area contributed by atoms with E-state index in [1.165, 1.54) is 0 Å². The van der Waals surface area contributed by atoms with E-state index in [4.69, 9.17) is 5.73 Å². The number of amides is 1. The predicted octanol–water partition coefficient (Wildman–Crippen LogP) is 1.73. The van der Waals surface area contributed by atoms with Crippen LogP contribution in [0.3, 0.4) is 0 Å². The molecular formula is C15H20N4O. The van der Waals surface area contributed by atoms with Gasteiger partial charge in [-0.25, -0.2) is 0 Å². The van der Waals surface area contributed by atoms with E-state index in [0.717, 1.165) is 16.8 Å². The van der Waals surface area contributed by atoms with E-state index in [-0.39, 0.29) is 11.9 Å². The van der Waals surface area contributed by atoms with Gasteiger partial charge in [-0.2, -0.15) is 5.10 Å². The molecule has 2 rings (SSSR count). The molecule has 0 radical (unpaired) electrons. The van der Waals surface area contributed by atoms with Gasteiger partial charge in [0.05, 0.1) is 18.2 Å². The van der Waals surface area contributed by atoms with Gasteiger partial charge in [-0.3, -0.25) is 9.48 Å². The first-order chi connectivity index (χ1) is 9.45. The van der Waals surface area contributed by atoms with Gasteiger partial charge in [-0.1, -0.05) is 12.1 Å². The maximum Gasteiger partial charge on any atom is 0.224 e. The third kappa shape index (κ3) is 3.38. The molecule has 5 heteroatoms. The topological polar surface area (TPSA) is 72.9 Å². The highest BCUT2D eigenvalue weighted by Crippen LogP contribution is 2.15. The van der Waals surface area contributed by atoms with Gasteiger partial charge in [0, 0.05) is 24.5 Å². The molecule has 1 unspecified atom stereocenters. The van der Waals surface area contributed by atoms with Crippen LogP contribution in [0.1, 0.15) is 29.8 Å². The highest BCUT2D eigenvalue weighted by molar-refractivity contribution is 5.79. The Kier molecular flexibility index (Phi) is 4.08. The first-order valence-corrected chi connectivity index (χ1v) is 6.59. The first-order valence-electron chi connectivity index (χ1n) is 6.59. The number of carbonyl (C=O) groups excluding carboxylic acids is 1. The second-order valence-electron chi connectivity index (χ2n) is 5.05. The van der Waals surface area contributed by atoms with Crippen molar-refractivity contribution in [1.29, 1.82) is 0 Å². The molecule has 1 aromatic carbocycles. The fourth-order valence-electron chi connectivity index (χ4n) is 2.23. The molecule has 0 saturated carbocycles. The Hall–Kier alpha value is -2.30. The zero-order valence-electron chi connectivity index (χ0n) is 12.1. The van der Waals surface area contributed by atoms with Crippen LogP contribution in [0, 0.1) is 6.92 Å². The van der Waals surface area contributed by atoms with E-state index >= 15 is 0 Å². The van der Waals surface area contributed by atoms with E-state index in [0.29, 0.717) is 12.1 Å². The number of rotatable bonds is 4. The van der Waals surface area contributed by atoms with Crippen LogP contribution in [-0.2, 0) is 18.3 Å². The molecule has 0 saturated heterocycles. The molecule has 0 bridgehead atoms. The minimum absolute atomic E-state index is 0.00877. The lowest BCUT2D eigenvalue weighted by molar-refractivity contribution is -0.121. The Labute approximate surface area is 118 Å². The fourth-order valence-corrected chi connectivity index (χ4v) is 2.23. The summed E-state index contributed by atoms with van der Waals surface area (Å²) in [5.41, 5.74) is 9.25. The van der Waals surface area contributed by atoms with Crippen molar-refractivity contribution in [3.05, 3.63) is 47.3 Å². The van der Waals surface area contributed by atoms with E-state index < -0.39 is 0 Å². The zero-order valence-corrected chi connectivity index (χ0v) is 12.1. The standard InChI is InChI=1S/C15H20N4O/c1-10(14-9-19(3)18-11(14)2)17-15(20)8-12-4-6-13(16)7-5-12/h4-7,9-10H,8,16H2,1-3H3,(H,17,20). The number of hydrogen-bond donors (Lipinski definition) is 2. The number of hydrogen-bond acceptors (Lipinski definition) is 3. The highest BCUT2D eigenvalue weighted by Gasteiger charge is 2.14. The van der Waals surface area contributed by atoms with E-state index in [9.17, 15) is 4.79 Å². The summed E-state index contributed by atoms with van der Waals surface area (Å²) in [6, 6.07) is 7.29. The second kappa shape index (κ2) is 5.77. The molecule has 5 nitrogen and oxygen atoms in total. The second-order valence-corrected chi connectivity index (χ2v) is 5.05. The van der Waals surface area contributed by atoms with Crippen molar-refractivity contribution in [2.75, 3.05) is 5.73 Å². The van der Waals surface area contributed by atoms with Crippen LogP contribution >= 0.6 is 0 Å². The molecular weight excluding hydrogens is 252 g/mol. The molecule has 20 heavy (non-hydrogen) atoms. The number of nitrogens with two attached hydrogens (primary N) is 1. The van der Waals surface area contributed by atoms with E-state index in [1.807, 2.05) is 39.2 Å². The third-order valence-electron chi connectivity index (χ3n) is 3.24. The number of benzene rings is 1. The predicted molar refractivity (Wildman–Crippen MR) is 79.1 cm³/mol. The lowest BCUT2D eigenvalue weighted by Gasteiger charge is -2.13. The normalized spacial score (nSPS) is 12.2.